The van der Waals surface area contributed by atoms with Crippen LogP contribution >= 0.6 is 45.2 Å². The molecule has 0 aliphatic carbocycles. The van der Waals surface area contributed by atoms with E-state index in [9.17, 15) is 13.6 Å². The van der Waals surface area contributed by atoms with Crippen molar-refractivity contribution in [2.75, 3.05) is 0 Å². The Bertz CT molecular complexity index is 384. The number of carbonyl (C=O) groups is 1. The highest BCUT2D eigenvalue weighted by molar-refractivity contribution is 14.1. The third-order valence-electron chi connectivity index (χ3n) is 1.42. The van der Waals surface area contributed by atoms with Crippen molar-refractivity contribution >= 4 is 51.2 Å². The van der Waals surface area contributed by atoms with Crippen LogP contribution in [0.5, 0.6) is 0 Å². The Morgan fingerprint density at radius 2 is 2.07 bits per heavy atom. The Kier molecular flexibility index (Phi) is 3.98. The average Bonchev–Trinajstić information content (AvgIpc) is 2.08. The molecular weight excluding hydrogens is 422 g/mol. The number of halogens is 4. The number of aromatic carboxylic acids is 1. The van der Waals surface area contributed by atoms with Crippen LogP contribution in [-0.4, -0.2) is 16.1 Å². The number of carboxylic acid groups (broad SMARTS) is 1. The number of carboxylic acids is 1. The first-order chi connectivity index (χ1) is 6.45. The standard InChI is InChI=1S/C7H3F2I2NO2/c8-6(9)5-3(7(13)14)4(11)2(10)1-12-5/h1,6H,(H,13,14). The molecule has 0 unspecified atom stereocenters. The molecule has 0 saturated carbocycles. The second kappa shape index (κ2) is 4.64. The van der Waals surface area contributed by atoms with Crippen molar-refractivity contribution in [1.82, 2.24) is 4.98 Å². The van der Waals surface area contributed by atoms with E-state index in [1.807, 2.05) is 22.6 Å². The second-order valence-corrected chi connectivity index (χ2v) is 4.53. The Morgan fingerprint density at radius 3 is 2.50 bits per heavy atom. The zero-order valence-corrected chi connectivity index (χ0v) is 10.8. The molecule has 0 amide bonds. The fourth-order valence-corrected chi connectivity index (χ4v) is 1.90. The lowest BCUT2D eigenvalue weighted by molar-refractivity contribution is 0.0680. The number of hydrogen-bond acceptors (Lipinski definition) is 2. The van der Waals surface area contributed by atoms with Gasteiger partial charge in [-0.15, -0.1) is 0 Å². The van der Waals surface area contributed by atoms with Crippen LogP contribution in [-0.2, 0) is 0 Å². The van der Waals surface area contributed by atoms with Gasteiger partial charge in [0.1, 0.15) is 11.3 Å². The molecule has 1 aromatic rings. The highest BCUT2D eigenvalue weighted by Gasteiger charge is 2.23. The van der Waals surface area contributed by atoms with Gasteiger partial charge in [-0.05, 0) is 45.2 Å². The summed E-state index contributed by atoms with van der Waals surface area (Å²) in [5, 5.41) is 8.74. The topological polar surface area (TPSA) is 50.2 Å². The number of aromatic nitrogens is 1. The van der Waals surface area contributed by atoms with E-state index in [4.69, 9.17) is 5.11 Å². The minimum absolute atomic E-state index is 0.293. The number of rotatable bonds is 2. The number of hydrogen-bond donors (Lipinski definition) is 1. The van der Waals surface area contributed by atoms with Gasteiger partial charge in [-0.25, -0.2) is 13.6 Å². The van der Waals surface area contributed by atoms with Crippen molar-refractivity contribution in [2.45, 2.75) is 6.43 Å². The zero-order valence-electron chi connectivity index (χ0n) is 6.47. The largest absolute Gasteiger partial charge is 0.478 e. The Morgan fingerprint density at radius 1 is 1.50 bits per heavy atom. The number of alkyl halides is 2. The second-order valence-electron chi connectivity index (χ2n) is 2.29. The first-order valence-corrected chi connectivity index (χ1v) is 5.46. The van der Waals surface area contributed by atoms with Crippen molar-refractivity contribution in [2.24, 2.45) is 0 Å². The van der Waals surface area contributed by atoms with E-state index >= 15 is 0 Å². The highest BCUT2D eigenvalue weighted by atomic mass is 127. The van der Waals surface area contributed by atoms with Gasteiger partial charge < -0.3 is 5.11 Å². The maximum absolute atomic E-state index is 12.4. The van der Waals surface area contributed by atoms with E-state index < -0.39 is 23.7 Å². The van der Waals surface area contributed by atoms with Crippen LogP contribution in [0.25, 0.3) is 0 Å². The molecule has 0 bridgehead atoms. The lowest BCUT2D eigenvalue weighted by atomic mass is 10.2. The molecule has 0 aliphatic heterocycles. The van der Waals surface area contributed by atoms with Gasteiger partial charge >= 0.3 is 5.97 Å². The van der Waals surface area contributed by atoms with E-state index in [1.165, 1.54) is 6.20 Å². The van der Waals surface area contributed by atoms with Crippen LogP contribution in [0.3, 0.4) is 0 Å². The minimum Gasteiger partial charge on any atom is -0.478 e. The zero-order chi connectivity index (χ0) is 10.9. The summed E-state index contributed by atoms with van der Waals surface area (Å²) in [6.45, 7) is 0. The summed E-state index contributed by atoms with van der Waals surface area (Å²) >= 11 is 3.56. The first kappa shape index (κ1) is 12.0. The quantitative estimate of drug-likeness (QED) is 0.743. The van der Waals surface area contributed by atoms with E-state index in [-0.39, 0.29) is 0 Å². The predicted octanol–water partition coefficient (Wildman–Crippen LogP) is 2.93. The summed E-state index contributed by atoms with van der Waals surface area (Å²) in [7, 11) is 0. The normalized spacial score (nSPS) is 10.6. The van der Waals surface area contributed by atoms with Crippen molar-refractivity contribution in [3.8, 4) is 0 Å². The lowest BCUT2D eigenvalue weighted by Gasteiger charge is -2.07. The van der Waals surface area contributed by atoms with E-state index in [1.54, 1.807) is 22.6 Å². The molecule has 0 fully saturated rings. The van der Waals surface area contributed by atoms with Crippen LogP contribution in [0.15, 0.2) is 6.20 Å². The molecule has 0 atom stereocenters. The summed E-state index contributed by atoms with van der Waals surface area (Å²) in [5.41, 5.74) is -1.09. The maximum Gasteiger partial charge on any atom is 0.338 e. The van der Waals surface area contributed by atoms with Crippen LogP contribution in [0.2, 0.25) is 0 Å². The van der Waals surface area contributed by atoms with Crippen LogP contribution in [0.1, 0.15) is 22.5 Å². The summed E-state index contributed by atoms with van der Waals surface area (Å²) in [4.78, 5) is 14.1. The molecule has 0 saturated heterocycles. The van der Waals surface area contributed by atoms with Gasteiger partial charge in [0.05, 0.1) is 0 Å². The SMILES string of the molecule is O=C(O)c1c(C(F)F)ncc(I)c1I. The van der Waals surface area contributed by atoms with E-state index in [0.717, 1.165) is 0 Å². The molecule has 0 spiro atoms. The minimum atomic E-state index is -2.87. The summed E-state index contributed by atoms with van der Waals surface area (Å²) in [6.07, 6.45) is -1.64. The molecule has 7 heteroatoms. The van der Waals surface area contributed by atoms with Gasteiger partial charge in [-0.1, -0.05) is 0 Å². The lowest BCUT2D eigenvalue weighted by Crippen LogP contribution is -2.09. The third kappa shape index (κ3) is 2.30. The Hall–Kier alpha value is -0.0600. The number of nitrogens with zero attached hydrogens (tertiary/aromatic N) is 1. The fraction of sp³-hybridized carbons (Fsp3) is 0.143. The van der Waals surface area contributed by atoms with Crippen molar-refractivity contribution < 1.29 is 18.7 Å². The molecule has 3 nitrogen and oxygen atoms in total. The van der Waals surface area contributed by atoms with Gasteiger partial charge in [-0.2, -0.15) is 0 Å². The number of pyridine rings is 1. The van der Waals surface area contributed by atoms with Gasteiger partial charge in [0.2, 0.25) is 0 Å². The Labute approximate surface area is 105 Å². The fourth-order valence-electron chi connectivity index (χ4n) is 0.848. The molecule has 0 aliphatic rings. The summed E-state index contributed by atoms with van der Waals surface area (Å²) in [6, 6.07) is 0. The Balaban J connectivity index is 3.45. The molecule has 1 aromatic heterocycles. The monoisotopic (exact) mass is 425 g/mol. The highest BCUT2D eigenvalue weighted by Crippen LogP contribution is 2.27. The molecular formula is C7H3F2I2NO2. The summed E-state index contributed by atoms with van der Waals surface area (Å²) < 4.78 is 25.6. The molecule has 0 aromatic carbocycles. The molecule has 1 rings (SSSR count). The van der Waals surface area contributed by atoms with Crippen molar-refractivity contribution in [3.05, 3.63) is 24.6 Å². The third-order valence-corrected chi connectivity index (χ3v) is 4.39. The smallest absolute Gasteiger partial charge is 0.338 e. The molecule has 1 heterocycles. The van der Waals surface area contributed by atoms with Crippen molar-refractivity contribution in [3.63, 3.8) is 0 Å². The molecule has 76 valence electrons. The van der Waals surface area contributed by atoms with Crippen LogP contribution < -0.4 is 0 Å². The average molecular weight is 425 g/mol. The van der Waals surface area contributed by atoms with Crippen LogP contribution in [0.4, 0.5) is 8.78 Å². The first-order valence-electron chi connectivity index (χ1n) is 3.30. The maximum atomic E-state index is 12.4. The predicted molar refractivity (Wildman–Crippen MR) is 61.6 cm³/mol. The van der Waals surface area contributed by atoms with E-state index in [2.05, 4.69) is 4.98 Å². The molecule has 14 heavy (non-hydrogen) atoms. The van der Waals surface area contributed by atoms with Gasteiger partial charge in [0.25, 0.3) is 6.43 Å². The van der Waals surface area contributed by atoms with Gasteiger partial charge in [0, 0.05) is 13.3 Å². The van der Waals surface area contributed by atoms with Crippen molar-refractivity contribution in [1.29, 1.82) is 0 Å². The summed E-state index contributed by atoms with van der Waals surface area (Å²) in [5.74, 6) is -1.38. The van der Waals surface area contributed by atoms with Gasteiger partial charge in [0.15, 0.2) is 0 Å². The van der Waals surface area contributed by atoms with Gasteiger partial charge in [-0.3, -0.25) is 4.98 Å². The van der Waals surface area contributed by atoms with Crippen LogP contribution in [0, 0.1) is 7.14 Å². The molecule has 0 radical (unpaired) electrons. The van der Waals surface area contributed by atoms with E-state index in [0.29, 0.717) is 7.14 Å². The molecule has 1 N–H and O–H groups in total.